The first-order valence-electron chi connectivity index (χ1n) is 10.5. The van der Waals surface area contributed by atoms with Crippen LogP contribution < -0.4 is 5.32 Å². The standard InChI is InChI=1S/C20H35N5O3/c1-3-21-20(22-11-8-6-5-7-9-19(26)27-4-2)25-14-12-24(13-15-25)17-18-10-16-28-23-18/h10,16H,3-9,11-15,17H2,1-2H3,(H,21,22). The Labute approximate surface area is 168 Å². The first-order valence-corrected chi connectivity index (χ1v) is 10.5. The molecule has 1 N–H and O–H groups in total. The summed E-state index contributed by atoms with van der Waals surface area (Å²) in [6.07, 6.45) is 6.23. The Kier molecular flexibility index (Phi) is 10.4. The van der Waals surface area contributed by atoms with Gasteiger partial charge in [-0.15, -0.1) is 0 Å². The van der Waals surface area contributed by atoms with E-state index in [1.54, 1.807) is 6.26 Å². The summed E-state index contributed by atoms with van der Waals surface area (Å²) in [6, 6.07) is 1.92. The van der Waals surface area contributed by atoms with E-state index in [4.69, 9.17) is 14.3 Å². The third-order valence-electron chi connectivity index (χ3n) is 4.74. The molecule has 0 amide bonds. The fourth-order valence-corrected chi connectivity index (χ4v) is 3.24. The molecule has 8 heteroatoms. The fourth-order valence-electron chi connectivity index (χ4n) is 3.24. The number of hydrogen-bond donors (Lipinski definition) is 1. The molecule has 1 fully saturated rings. The number of rotatable bonds is 11. The Bertz CT molecular complexity index is 568. The van der Waals surface area contributed by atoms with Gasteiger partial charge in [-0.1, -0.05) is 18.0 Å². The van der Waals surface area contributed by atoms with E-state index < -0.39 is 0 Å². The second-order valence-electron chi connectivity index (χ2n) is 6.96. The molecule has 0 spiro atoms. The molecule has 1 aromatic rings. The van der Waals surface area contributed by atoms with Crippen molar-refractivity contribution in [3.8, 4) is 0 Å². The molecule has 1 aliphatic heterocycles. The number of nitrogens with one attached hydrogen (secondary N) is 1. The van der Waals surface area contributed by atoms with Crippen LogP contribution in [0.2, 0.25) is 0 Å². The second-order valence-corrected chi connectivity index (χ2v) is 6.96. The monoisotopic (exact) mass is 393 g/mol. The first-order chi connectivity index (χ1) is 13.7. The van der Waals surface area contributed by atoms with Gasteiger partial charge in [0.1, 0.15) is 6.26 Å². The predicted molar refractivity (Wildman–Crippen MR) is 109 cm³/mol. The molecule has 2 rings (SSSR count). The Morgan fingerprint density at radius 3 is 2.68 bits per heavy atom. The Hall–Kier alpha value is -2.09. The van der Waals surface area contributed by atoms with Gasteiger partial charge in [-0.25, -0.2) is 0 Å². The van der Waals surface area contributed by atoms with Crippen LogP contribution in [-0.4, -0.2) is 72.8 Å². The van der Waals surface area contributed by atoms with Gasteiger partial charge in [0.25, 0.3) is 0 Å². The zero-order chi connectivity index (χ0) is 20.0. The number of carbonyl (C=O) groups is 1. The van der Waals surface area contributed by atoms with Crippen molar-refractivity contribution >= 4 is 11.9 Å². The number of guanidine groups is 1. The smallest absolute Gasteiger partial charge is 0.305 e. The van der Waals surface area contributed by atoms with Gasteiger partial charge in [0.05, 0.1) is 12.3 Å². The molecule has 0 atom stereocenters. The summed E-state index contributed by atoms with van der Waals surface area (Å²) in [5.41, 5.74) is 0.983. The van der Waals surface area contributed by atoms with E-state index in [-0.39, 0.29) is 5.97 Å². The van der Waals surface area contributed by atoms with Crippen LogP contribution in [0.4, 0.5) is 0 Å². The van der Waals surface area contributed by atoms with Gasteiger partial charge in [-0.3, -0.25) is 14.7 Å². The Balaban J connectivity index is 1.64. The molecule has 1 aromatic heterocycles. The molecule has 1 aliphatic rings. The van der Waals surface area contributed by atoms with Crippen LogP contribution in [0.5, 0.6) is 0 Å². The summed E-state index contributed by atoms with van der Waals surface area (Å²) in [7, 11) is 0. The van der Waals surface area contributed by atoms with Crippen molar-refractivity contribution in [1.82, 2.24) is 20.3 Å². The van der Waals surface area contributed by atoms with Crippen molar-refractivity contribution in [3.63, 3.8) is 0 Å². The lowest BCUT2D eigenvalue weighted by molar-refractivity contribution is -0.143. The largest absolute Gasteiger partial charge is 0.466 e. The summed E-state index contributed by atoms with van der Waals surface area (Å²) in [5, 5.41) is 7.40. The van der Waals surface area contributed by atoms with Crippen LogP contribution in [0.15, 0.2) is 21.8 Å². The predicted octanol–water partition coefficient (Wildman–Crippen LogP) is 2.27. The number of carbonyl (C=O) groups excluding carboxylic acids is 1. The number of hydrogen-bond acceptors (Lipinski definition) is 6. The molecule has 8 nitrogen and oxygen atoms in total. The zero-order valence-corrected chi connectivity index (χ0v) is 17.4. The average molecular weight is 394 g/mol. The SMILES string of the molecule is CCNC(=NCCCCCCC(=O)OCC)N1CCN(Cc2ccon2)CC1. The molecule has 28 heavy (non-hydrogen) atoms. The van der Waals surface area contributed by atoms with E-state index in [2.05, 4.69) is 27.2 Å². The van der Waals surface area contributed by atoms with E-state index >= 15 is 0 Å². The number of esters is 1. The van der Waals surface area contributed by atoms with E-state index in [0.29, 0.717) is 13.0 Å². The number of nitrogens with zero attached hydrogens (tertiary/aromatic N) is 4. The first kappa shape index (κ1) is 22.2. The molecule has 2 heterocycles. The van der Waals surface area contributed by atoms with E-state index in [1.807, 2.05) is 13.0 Å². The third kappa shape index (κ3) is 8.29. The highest BCUT2D eigenvalue weighted by atomic mass is 16.5. The maximum Gasteiger partial charge on any atom is 0.305 e. The fraction of sp³-hybridized carbons (Fsp3) is 0.750. The van der Waals surface area contributed by atoms with Crippen molar-refractivity contribution in [1.29, 1.82) is 0 Å². The molecule has 0 aromatic carbocycles. The number of ether oxygens (including phenoxy) is 1. The van der Waals surface area contributed by atoms with Crippen molar-refractivity contribution in [2.75, 3.05) is 45.9 Å². The normalized spacial score (nSPS) is 15.6. The quantitative estimate of drug-likeness (QED) is 0.267. The van der Waals surface area contributed by atoms with E-state index in [1.165, 1.54) is 0 Å². The molecule has 0 saturated carbocycles. The molecular formula is C20H35N5O3. The molecule has 0 radical (unpaired) electrons. The van der Waals surface area contributed by atoms with Crippen molar-refractivity contribution < 1.29 is 14.1 Å². The number of aromatic nitrogens is 1. The summed E-state index contributed by atoms with van der Waals surface area (Å²) >= 11 is 0. The summed E-state index contributed by atoms with van der Waals surface area (Å²) in [5.74, 6) is 0.924. The highest BCUT2D eigenvalue weighted by Gasteiger charge is 2.20. The lowest BCUT2D eigenvalue weighted by atomic mass is 10.1. The van der Waals surface area contributed by atoms with Gasteiger partial charge in [-0.05, 0) is 26.7 Å². The van der Waals surface area contributed by atoms with Gasteiger partial charge in [0.2, 0.25) is 0 Å². The van der Waals surface area contributed by atoms with Gasteiger partial charge >= 0.3 is 5.97 Å². The summed E-state index contributed by atoms with van der Waals surface area (Å²) in [6.45, 7) is 10.8. The van der Waals surface area contributed by atoms with E-state index in [9.17, 15) is 4.79 Å². The highest BCUT2D eigenvalue weighted by molar-refractivity contribution is 5.80. The number of aliphatic imine (C=N–C) groups is 1. The van der Waals surface area contributed by atoms with Crippen molar-refractivity contribution in [2.24, 2.45) is 4.99 Å². The number of piperazine rings is 1. The zero-order valence-electron chi connectivity index (χ0n) is 17.4. The lowest BCUT2D eigenvalue weighted by Gasteiger charge is -2.36. The van der Waals surface area contributed by atoms with Gasteiger partial charge in [0.15, 0.2) is 5.96 Å². The molecule has 0 unspecified atom stereocenters. The van der Waals surface area contributed by atoms with Crippen LogP contribution in [0.25, 0.3) is 0 Å². The van der Waals surface area contributed by atoms with Crippen LogP contribution >= 0.6 is 0 Å². The van der Waals surface area contributed by atoms with Crippen molar-refractivity contribution in [3.05, 3.63) is 18.0 Å². The maximum absolute atomic E-state index is 11.3. The molecular weight excluding hydrogens is 358 g/mol. The van der Waals surface area contributed by atoms with Crippen LogP contribution in [0.1, 0.15) is 51.6 Å². The third-order valence-corrected chi connectivity index (χ3v) is 4.74. The van der Waals surface area contributed by atoms with Gasteiger partial charge in [0, 0.05) is 58.3 Å². The number of unbranched alkanes of at least 4 members (excludes halogenated alkanes) is 3. The summed E-state index contributed by atoms with van der Waals surface area (Å²) < 4.78 is 9.86. The minimum absolute atomic E-state index is 0.0855. The van der Waals surface area contributed by atoms with E-state index in [0.717, 1.165) is 83.2 Å². The summed E-state index contributed by atoms with van der Waals surface area (Å²) in [4.78, 5) is 20.8. The lowest BCUT2D eigenvalue weighted by Crippen LogP contribution is -2.52. The Morgan fingerprint density at radius 1 is 1.21 bits per heavy atom. The minimum Gasteiger partial charge on any atom is -0.466 e. The van der Waals surface area contributed by atoms with Crippen LogP contribution in [0, 0.1) is 0 Å². The van der Waals surface area contributed by atoms with Gasteiger partial charge < -0.3 is 19.5 Å². The van der Waals surface area contributed by atoms with Crippen molar-refractivity contribution in [2.45, 2.75) is 52.5 Å². The molecule has 0 bridgehead atoms. The minimum atomic E-state index is -0.0855. The van der Waals surface area contributed by atoms with Crippen LogP contribution in [0.3, 0.4) is 0 Å². The molecule has 1 saturated heterocycles. The maximum atomic E-state index is 11.3. The van der Waals surface area contributed by atoms with Crippen LogP contribution in [-0.2, 0) is 16.1 Å². The second kappa shape index (κ2) is 13.1. The topological polar surface area (TPSA) is 83.2 Å². The molecule has 158 valence electrons. The highest BCUT2D eigenvalue weighted by Crippen LogP contribution is 2.08. The molecule has 0 aliphatic carbocycles. The average Bonchev–Trinajstić information content (AvgIpc) is 3.20. The Morgan fingerprint density at radius 2 is 2.00 bits per heavy atom. The van der Waals surface area contributed by atoms with Gasteiger partial charge in [-0.2, -0.15) is 0 Å².